The molecule has 0 N–H and O–H groups in total. The zero-order valence-corrected chi connectivity index (χ0v) is 4.11. The second kappa shape index (κ2) is 3.16. The van der Waals surface area contributed by atoms with Crippen molar-refractivity contribution in [2.24, 2.45) is 0 Å². The standard InChI is InChI=1S/C5H10O/c1-4-6-5(2)3/h5H,1-2,4H2,3H3. The Balaban J connectivity index is 2.63. The van der Waals surface area contributed by atoms with Gasteiger partial charge in [0.05, 0.1) is 6.10 Å². The van der Waals surface area contributed by atoms with E-state index < -0.39 is 0 Å². The largest absolute Gasteiger partial charge is 0.379 e. The molecule has 0 aromatic rings. The van der Waals surface area contributed by atoms with E-state index in [0.717, 1.165) is 0 Å². The Morgan fingerprint density at radius 2 is 2.33 bits per heavy atom. The fraction of sp³-hybridized carbons (Fsp3) is 0.600. The molecule has 36 valence electrons. The van der Waals surface area contributed by atoms with Crippen LogP contribution in [0.3, 0.4) is 0 Å². The first-order chi connectivity index (χ1) is 2.77. The van der Waals surface area contributed by atoms with Crippen LogP contribution in [-0.2, 0) is 4.74 Å². The molecule has 0 bridgehead atoms. The number of rotatable bonds is 2. The first-order valence-electron chi connectivity index (χ1n) is 2.01. The summed E-state index contributed by atoms with van der Waals surface area (Å²) in [7, 11) is 0. The normalized spacial score (nSPS) is 10.0. The van der Waals surface area contributed by atoms with Gasteiger partial charge >= 0.3 is 0 Å². The van der Waals surface area contributed by atoms with E-state index in [4.69, 9.17) is 4.74 Å². The summed E-state index contributed by atoms with van der Waals surface area (Å²) in [5.41, 5.74) is 0. The van der Waals surface area contributed by atoms with Crippen molar-refractivity contribution < 1.29 is 4.74 Å². The smallest absolute Gasteiger partial charge is 0.0547 e. The summed E-state index contributed by atoms with van der Waals surface area (Å²) in [6.45, 7) is 9.43. The minimum absolute atomic E-state index is 0.0856. The van der Waals surface area contributed by atoms with Gasteiger partial charge in [0, 0.05) is 6.61 Å². The highest BCUT2D eigenvalue weighted by atomic mass is 16.5. The number of hydrogen-bond donors (Lipinski definition) is 0. The lowest BCUT2D eigenvalue weighted by atomic mass is 10.5. The highest BCUT2D eigenvalue weighted by Gasteiger charge is 1.84. The molecule has 0 spiro atoms. The average molecular weight is 86.1 g/mol. The monoisotopic (exact) mass is 86.1 g/mol. The van der Waals surface area contributed by atoms with Crippen molar-refractivity contribution in [3.8, 4) is 0 Å². The molecule has 0 aliphatic rings. The minimum Gasteiger partial charge on any atom is -0.379 e. The Hall–Kier alpha value is -0.0400. The zero-order valence-electron chi connectivity index (χ0n) is 4.11. The van der Waals surface area contributed by atoms with Crippen LogP contribution in [0.5, 0.6) is 0 Å². The molecule has 0 heterocycles. The van der Waals surface area contributed by atoms with Gasteiger partial charge in [0.15, 0.2) is 0 Å². The molecule has 1 atom stereocenters. The SMILES string of the molecule is [CH2]COC([CH2])C. The summed E-state index contributed by atoms with van der Waals surface area (Å²) in [5.74, 6) is 0. The quantitative estimate of drug-likeness (QED) is 0.488. The van der Waals surface area contributed by atoms with Gasteiger partial charge in [-0.15, -0.1) is 0 Å². The molecule has 0 fully saturated rings. The van der Waals surface area contributed by atoms with Gasteiger partial charge in [-0.2, -0.15) is 0 Å². The Morgan fingerprint density at radius 3 is 2.33 bits per heavy atom. The van der Waals surface area contributed by atoms with Crippen LogP contribution in [0.4, 0.5) is 0 Å². The first kappa shape index (κ1) is 5.96. The Bertz CT molecular complexity index is 25.1. The van der Waals surface area contributed by atoms with Gasteiger partial charge in [-0.25, -0.2) is 0 Å². The summed E-state index contributed by atoms with van der Waals surface area (Å²) >= 11 is 0. The van der Waals surface area contributed by atoms with E-state index in [0.29, 0.717) is 6.61 Å². The van der Waals surface area contributed by atoms with Gasteiger partial charge in [-0.05, 0) is 20.8 Å². The summed E-state index contributed by atoms with van der Waals surface area (Å²) in [6, 6.07) is 0. The number of hydrogen-bond acceptors (Lipinski definition) is 1. The summed E-state index contributed by atoms with van der Waals surface area (Å²) in [4.78, 5) is 0. The van der Waals surface area contributed by atoms with E-state index >= 15 is 0 Å². The molecule has 0 aliphatic heterocycles. The van der Waals surface area contributed by atoms with Crippen LogP contribution in [0.1, 0.15) is 6.92 Å². The molecule has 0 saturated carbocycles. The Morgan fingerprint density at radius 1 is 1.83 bits per heavy atom. The lowest BCUT2D eigenvalue weighted by molar-refractivity contribution is 0.120. The van der Waals surface area contributed by atoms with Crippen LogP contribution in [0.25, 0.3) is 0 Å². The van der Waals surface area contributed by atoms with Crippen molar-refractivity contribution in [2.45, 2.75) is 13.0 Å². The third kappa shape index (κ3) is 3.96. The lowest BCUT2D eigenvalue weighted by Crippen LogP contribution is -2.00. The summed E-state index contributed by atoms with van der Waals surface area (Å²) in [6.07, 6.45) is 0.0856. The van der Waals surface area contributed by atoms with E-state index in [2.05, 4.69) is 13.8 Å². The van der Waals surface area contributed by atoms with Crippen LogP contribution < -0.4 is 0 Å². The van der Waals surface area contributed by atoms with Crippen LogP contribution in [0.15, 0.2) is 0 Å². The Labute approximate surface area is 39.3 Å². The molecule has 0 aromatic heterocycles. The fourth-order valence-corrected chi connectivity index (χ4v) is 0.201. The molecule has 1 heteroatoms. The first-order valence-corrected chi connectivity index (χ1v) is 2.01. The van der Waals surface area contributed by atoms with Crippen LogP contribution in [-0.4, -0.2) is 12.7 Å². The van der Waals surface area contributed by atoms with Crippen molar-refractivity contribution in [3.05, 3.63) is 13.8 Å². The minimum atomic E-state index is 0.0856. The molecule has 0 aromatic carbocycles. The third-order valence-electron chi connectivity index (χ3n) is 0.402. The van der Waals surface area contributed by atoms with Crippen molar-refractivity contribution >= 4 is 0 Å². The highest BCUT2D eigenvalue weighted by molar-refractivity contribution is 4.48. The van der Waals surface area contributed by atoms with E-state index in [9.17, 15) is 0 Å². The van der Waals surface area contributed by atoms with E-state index in [1.807, 2.05) is 6.92 Å². The average Bonchev–Trinajstić information content (AvgIpc) is 1.35. The van der Waals surface area contributed by atoms with Gasteiger partial charge in [-0.3, -0.25) is 0 Å². The topological polar surface area (TPSA) is 9.23 Å². The van der Waals surface area contributed by atoms with E-state index in [1.165, 1.54) is 0 Å². The van der Waals surface area contributed by atoms with Crippen molar-refractivity contribution in [1.82, 2.24) is 0 Å². The molecule has 0 saturated heterocycles. The van der Waals surface area contributed by atoms with Crippen molar-refractivity contribution in [3.63, 3.8) is 0 Å². The van der Waals surface area contributed by atoms with Gasteiger partial charge < -0.3 is 4.74 Å². The van der Waals surface area contributed by atoms with Gasteiger partial charge in [0.25, 0.3) is 0 Å². The third-order valence-corrected chi connectivity index (χ3v) is 0.402. The Kier molecular flexibility index (Phi) is 3.14. The van der Waals surface area contributed by atoms with Crippen molar-refractivity contribution in [1.29, 1.82) is 0 Å². The molecule has 1 nitrogen and oxygen atoms in total. The lowest BCUT2D eigenvalue weighted by Gasteiger charge is -2.00. The van der Waals surface area contributed by atoms with Gasteiger partial charge in [0.2, 0.25) is 0 Å². The maximum absolute atomic E-state index is 4.82. The van der Waals surface area contributed by atoms with E-state index in [1.54, 1.807) is 0 Å². The molecule has 0 aliphatic carbocycles. The molecule has 6 heavy (non-hydrogen) atoms. The van der Waals surface area contributed by atoms with Gasteiger partial charge in [0.1, 0.15) is 0 Å². The number of ether oxygens (including phenoxy) is 1. The molecule has 1 unspecified atom stereocenters. The fourth-order valence-electron chi connectivity index (χ4n) is 0.201. The summed E-state index contributed by atoms with van der Waals surface area (Å²) in [5, 5.41) is 0. The second-order valence-electron chi connectivity index (χ2n) is 1.18. The maximum Gasteiger partial charge on any atom is 0.0547 e. The van der Waals surface area contributed by atoms with Crippen LogP contribution >= 0.6 is 0 Å². The summed E-state index contributed by atoms with van der Waals surface area (Å²) < 4.78 is 4.82. The van der Waals surface area contributed by atoms with Crippen LogP contribution in [0.2, 0.25) is 0 Å². The zero-order chi connectivity index (χ0) is 4.99. The maximum atomic E-state index is 4.82. The molecule has 0 amide bonds. The molecule has 0 rings (SSSR count). The highest BCUT2D eigenvalue weighted by Crippen LogP contribution is 1.82. The molecular formula is C5H10O. The van der Waals surface area contributed by atoms with E-state index in [-0.39, 0.29) is 6.10 Å². The predicted octanol–water partition coefficient (Wildman–Crippen LogP) is 1.06. The molecule has 2 radical (unpaired) electrons. The van der Waals surface area contributed by atoms with Crippen LogP contribution in [0, 0.1) is 13.8 Å². The van der Waals surface area contributed by atoms with Gasteiger partial charge in [-0.1, -0.05) is 0 Å². The second-order valence-corrected chi connectivity index (χ2v) is 1.18. The predicted molar refractivity (Wildman–Crippen MR) is 26.1 cm³/mol. The van der Waals surface area contributed by atoms with Crippen molar-refractivity contribution in [2.75, 3.05) is 6.61 Å². The molecular weight excluding hydrogens is 76.1 g/mol.